The van der Waals surface area contributed by atoms with Crippen LogP contribution in [0.3, 0.4) is 0 Å². The number of aryl methyl sites for hydroxylation is 1. The first-order valence-electron chi connectivity index (χ1n) is 10.4. The number of halogens is 1. The SMILES string of the molecule is Cc1ccc(NC(=O)[C@@H](C)N2CCN(c3ccc([N+](=O)[O-])c4cnccc34)CC2)cc1F. The summed E-state index contributed by atoms with van der Waals surface area (Å²) in [5.74, 6) is -0.539. The van der Waals surface area contributed by atoms with E-state index in [0.29, 0.717) is 42.8 Å². The van der Waals surface area contributed by atoms with Gasteiger partial charge in [0.25, 0.3) is 5.69 Å². The Morgan fingerprint density at radius 3 is 2.59 bits per heavy atom. The molecule has 2 aromatic carbocycles. The molecule has 8 nitrogen and oxygen atoms in total. The first-order valence-corrected chi connectivity index (χ1v) is 10.4. The van der Waals surface area contributed by atoms with Crippen molar-refractivity contribution < 1.29 is 14.1 Å². The minimum atomic E-state index is -0.397. The highest BCUT2D eigenvalue weighted by Crippen LogP contribution is 2.33. The average molecular weight is 437 g/mol. The molecule has 0 spiro atoms. The van der Waals surface area contributed by atoms with Crippen LogP contribution in [0.1, 0.15) is 12.5 Å². The molecule has 0 aliphatic carbocycles. The Bertz CT molecular complexity index is 1180. The van der Waals surface area contributed by atoms with E-state index in [-0.39, 0.29) is 23.5 Å². The average Bonchev–Trinajstić information content (AvgIpc) is 2.80. The largest absolute Gasteiger partial charge is 0.368 e. The lowest BCUT2D eigenvalue weighted by Gasteiger charge is -2.38. The molecular weight excluding hydrogens is 413 g/mol. The number of aromatic nitrogens is 1. The van der Waals surface area contributed by atoms with Crippen LogP contribution in [-0.2, 0) is 4.79 Å². The summed E-state index contributed by atoms with van der Waals surface area (Å²) in [6.45, 7) is 6.16. The predicted octanol–water partition coefficient (Wildman–Crippen LogP) is 3.74. The van der Waals surface area contributed by atoms with Crippen molar-refractivity contribution in [2.24, 2.45) is 0 Å². The number of piperazine rings is 1. The zero-order chi connectivity index (χ0) is 22.8. The zero-order valence-electron chi connectivity index (χ0n) is 17.9. The molecule has 32 heavy (non-hydrogen) atoms. The van der Waals surface area contributed by atoms with Gasteiger partial charge in [-0.25, -0.2) is 4.39 Å². The Labute approximate surface area is 184 Å². The summed E-state index contributed by atoms with van der Waals surface area (Å²) in [5.41, 5.74) is 1.92. The molecule has 4 rings (SSSR count). The molecule has 9 heteroatoms. The molecule has 1 atom stereocenters. The molecule has 1 fully saturated rings. The molecule has 0 radical (unpaired) electrons. The Hall–Kier alpha value is -3.59. The van der Waals surface area contributed by atoms with E-state index in [1.54, 1.807) is 37.4 Å². The number of amides is 1. The third-order valence-corrected chi connectivity index (χ3v) is 5.99. The first-order chi connectivity index (χ1) is 15.3. The molecule has 1 aliphatic rings. The maximum absolute atomic E-state index is 13.8. The third kappa shape index (κ3) is 4.24. The fourth-order valence-corrected chi connectivity index (χ4v) is 4.03. The van der Waals surface area contributed by atoms with Crippen LogP contribution in [0.4, 0.5) is 21.5 Å². The van der Waals surface area contributed by atoms with Crippen molar-refractivity contribution in [2.45, 2.75) is 19.9 Å². The van der Waals surface area contributed by atoms with Gasteiger partial charge in [0, 0.05) is 61.4 Å². The van der Waals surface area contributed by atoms with Crippen molar-refractivity contribution >= 4 is 33.7 Å². The number of benzene rings is 2. The summed E-state index contributed by atoms with van der Waals surface area (Å²) in [5, 5.41) is 15.4. The maximum atomic E-state index is 13.8. The van der Waals surface area contributed by atoms with E-state index in [2.05, 4.69) is 20.1 Å². The van der Waals surface area contributed by atoms with Crippen LogP contribution in [0.2, 0.25) is 0 Å². The van der Waals surface area contributed by atoms with Gasteiger partial charge in [-0.1, -0.05) is 6.07 Å². The Morgan fingerprint density at radius 2 is 1.91 bits per heavy atom. The highest BCUT2D eigenvalue weighted by molar-refractivity contribution is 5.99. The van der Waals surface area contributed by atoms with E-state index in [4.69, 9.17) is 0 Å². The van der Waals surface area contributed by atoms with Gasteiger partial charge in [-0.05, 0) is 43.7 Å². The van der Waals surface area contributed by atoms with Gasteiger partial charge in [0.05, 0.1) is 16.4 Å². The molecule has 1 N–H and O–H groups in total. The summed E-state index contributed by atoms with van der Waals surface area (Å²) in [6, 6.07) is 9.36. The second-order valence-corrected chi connectivity index (χ2v) is 7.93. The lowest BCUT2D eigenvalue weighted by Crippen LogP contribution is -2.52. The Morgan fingerprint density at radius 1 is 1.16 bits per heavy atom. The van der Waals surface area contributed by atoms with Gasteiger partial charge in [0.1, 0.15) is 5.82 Å². The molecular formula is C23H24FN5O3. The maximum Gasteiger partial charge on any atom is 0.278 e. The molecule has 2 heterocycles. The van der Waals surface area contributed by atoms with Gasteiger partial charge in [-0.3, -0.25) is 24.8 Å². The van der Waals surface area contributed by atoms with Crippen LogP contribution in [-0.4, -0.2) is 52.9 Å². The number of hydrogen-bond donors (Lipinski definition) is 1. The van der Waals surface area contributed by atoms with Crippen molar-refractivity contribution in [3.63, 3.8) is 0 Å². The number of hydrogen-bond acceptors (Lipinski definition) is 6. The fourth-order valence-electron chi connectivity index (χ4n) is 4.03. The highest BCUT2D eigenvalue weighted by Gasteiger charge is 2.27. The number of nitrogens with zero attached hydrogens (tertiary/aromatic N) is 4. The van der Waals surface area contributed by atoms with E-state index in [1.165, 1.54) is 18.3 Å². The molecule has 1 aromatic heterocycles. The number of fused-ring (bicyclic) bond motifs is 1. The number of nitrogens with one attached hydrogen (secondary N) is 1. The summed E-state index contributed by atoms with van der Waals surface area (Å²) >= 11 is 0. The van der Waals surface area contributed by atoms with Crippen LogP contribution in [0.15, 0.2) is 48.8 Å². The van der Waals surface area contributed by atoms with Crippen molar-refractivity contribution in [3.8, 4) is 0 Å². The van der Waals surface area contributed by atoms with Crippen molar-refractivity contribution in [1.82, 2.24) is 9.88 Å². The van der Waals surface area contributed by atoms with Crippen molar-refractivity contribution in [1.29, 1.82) is 0 Å². The van der Waals surface area contributed by atoms with Crippen LogP contribution in [0.25, 0.3) is 10.8 Å². The minimum absolute atomic E-state index is 0.0355. The van der Waals surface area contributed by atoms with Gasteiger partial charge in [-0.2, -0.15) is 0 Å². The lowest BCUT2D eigenvalue weighted by molar-refractivity contribution is -0.383. The summed E-state index contributed by atoms with van der Waals surface area (Å²) in [4.78, 5) is 31.9. The molecule has 0 unspecified atom stereocenters. The molecule has 166 valence electrons. The van der Waals surface area contributed by atoms with E-state index < -0.39 is 4.92 Å². The zero-order valence-corrected chi connectivity index (χ0v) is 17.9. The molecule has 0 bridgehead atoms. The normalized spacial score (nSPS) is 15.5. The second kappa shape index (κ2) is 8.88. The standard InChI is InChI=1S/C23H24FN5O3/c1-15-3-4-17(13-20(15)24)26-23(30)16(2)27-9-11-28(12-10-27)21-5-6-22(29(31)32)19-14-25-8-7-18(19)21/h3-8,13-14,16H,9-12H2,1-2H3,(H,26,30)/t16-/m1/s1. The molecule has 3 aromatic rings. The first kappa shape index (κ1) is 21.6. The topological polar surface area (TPSA) is 91.6 Å². The summed E-state index contributed by atoms with van der Waals surface area (Å²) in [7, 11) is 0. The number of carbonyl (C=O) groups excluding carboxylic acids is 1. The number of carbonyl (C=O) groups is 1. The molecule has 1 aliphatic heterocycles. The van der Waals surface area contributed by atoms with Gasteiger partial charge >= 0.3 is 0 Å². The Kier molecular flexibility index (Phi) is 6.00. The number of nitro benzene ring substituents is 1. The van der Waals surface area contributed by atoms with Crippen molar-refractivity contribution in [3.05, 3.63) is 70.3 Å². The van der Waals surface area contributed by atoms with Crippen LogP contribution < -0.4 is 10.2 Å². The fraction of sp³-hybridized carbons (Fsp3) is 0.304. The van der Waals surface area contributed by atoms with Gasteiger partial charge in [0.2, 0.25) is 5.91 Å². The third-order valence-electron chi connectivity index (χ3n) is 5.99. The number of nitro groups is 1. The number of rotatable bonds is 5. The van der Waals surface area contributed by atoms with E-state index in [9.17, 15) is 19.3 Å². The molecule has 1 amide bonds. The molecule has 0 saturated carbocycles. The Balaban J connectivity index is 1.44. The predicted molar refractivity (Wildman–Crippen MR) is 121 cm³/mol. The minimum Gasteiger partial charge on any atom is -0.368 e. The van der Waals surface area contributed by atoms with Crippen LogP contribution >= 0.6 is 0 Å². The highest BCUT2D eigenvalue weighted by atomic mass is 19.1. The van der Waals surface area contributed by atoms with Crippen molar-refractivity contribution in [2.75, 3.05) is 36.4 Å². The summed E-state index contributed by atoms with van der Waals surface area (Å²) in [6.07, 6.45) is 3.15. The van der Waals surface area contributed by atoms with E-state index in [1.807, 2.05) is 6.92 Å². The smallest absolute Gasteiger partial charge is 0.278 e. The van der Waals surface area contributed by atoms with Crippen LogP contribution in [0, 0.1) is 22.9 Å². The lowest BCUT2D eigenvalue weighted by atomic mass is 10.1. The monoisotopic (exact) mass is 437 g/mol. The quantitative estimate of drug-likeness (QED) is 0.483. The molecule has 1 saturated heterocycles. The van der Waals surface area contributed by atoms with E-state index >= 15 is 0 Å². The van der Waals surface area contributed by atoms with Gasteiger partial charge in [0.15, 0.2) is 0 Å². The summed E-state index contributed by atoms with van der Waals surface area (Å²) < 4.78 is 13.8. The number of non-ortho nitro benzene ring substituents is 1. The van der Waals surface area contributed by atoms with Gasteiger partial charge < -0.3 is 10.2 Å². The van der Waals surface area contributed by atoms with Crippen LogP contribution in [0.5, 0.6) is 0 Å². The second-order valence-electron chi connectivity index (χ2n) is 7.93. The van der Waals surface area contributed by atoms with E-state index in [0.717, 1.165) is 11.1 Å². The number of pyridine rings is 1. The van der Waals surface area contributed by atoms with Gasteiger partial charge in [-0.15, -0.1) is 0 Å². The number of anilines is 2.